The number of aliphatic carboxylic acids is 1. The molecule has 0 bridgehead atoms. The molecule has 0 spiro atoms. The number of quaternary nitrogens is 1. The molecule has 4 N–H and O–H groups in total. The molecule has 1 aliphatic rings. The van der Waals surface area contributed by atoms with Crippen molar-refractivity contribution in [2.24, 2.45) is 5.92 Å². The van der Waals surface area contributed by atoms with Crippen molar-refractivity contribution in [1.29, 1.82) is 0 Å². The number of anilines is 1. The molecule has 2 unspecified atom stereocenters. The summed E-state index contributed by atoms with van der Waals surface area (Å²) in [5.74, 6) is -1.28. The van der Waals surface area contributed by atoms with Crippen LogP contribution in [0.1, 0.15) is 18.4 Å². The number of carboxylic acid groups (broad SMARTS) is 1. The van der Waals surface area contributed by atoms with Crippen LogP contribution in [0.15, 0.2) is 60.8 Å². The first-order chi connectivity index (χ1) is 17.7. The van der Waals surface area contributed by atoms with E-state index in [9.17, 15) is 19.9 Å². The first-order valence-electron chi connectivity index (χ1n) is 11.7. The van der Waals surface area contributed by atoms with Crippen LogP contribution in [-0.4, -0.2) is 46.3 Å². The average molecular weight is 545 g/mol. The summed E-state index contributed by atoms with van der Waals surface area (Å²) in [5, 5.41) is 32.6. The summed E-state index contributed by atoms with van der Waals surface area (Å²) in [6.45, 7) is 1.04. The fourth-order valence-electron chi connectivity index (χ4n) is 4.36. The lowest BCUT2D eigenvalue weighted by molar-refractivity contribution is -0.991. The number of aromatic nitrogens is 1. The van der Waals surface area contributed by atoms with Crippen molar-refractivity contribution in [2.45, 2.75) is 25.3 Å². The molecule has 0 saturated carbocycles. The molecule has 1 fully saturated rings. The number of hydrogen-bond acceptors (Lipinski definition) is 6. The number of nitrogens with one attached hydrogen (secondary N) is 2. The number of amides is 1. The van der Waals surface area contributed by atoms with Crippen molar-refractivity contribution in [3.63, 3.8) is 0 Å². The number of halogens is 2. The summed E-state index contributed by atoms with van der Waals surface area (Å²) in [6.07, 6.45) is 2.76. The van der Waals surface area contributed by atoms with Crippen molar-refractivity contribution in [3.8, 4) is 11.1 Å². The van der Waals surface area contributed by atoms with Crippen LogP contribution in [-0.2, 0) is 16.0 Å². The molecule has 3 atom stereocenters. The lowest BCUT2D eigenvalue weighted by atomic mass is 9.96. The highest BCUT2D eigenvalue weighted by molar-refractivity contribution is 6.35. The maximum absolute atomic E-state index is 13.0. The van der Waals surface area contributed by atoms with E-state index in [1.807, 2.05) is 29.2 Å². The van der Waals surface area contributed by atoms with Crippen molar-refractivity contribution >= 4 is 46.6 Å². The van der Waals surface area contributed by atoms with E-state index in [1.165, 1.54) is 12.3 Å². The molecule has 1 aliphatic heterocycles. The number of piperidine rings is 1. The minimum Gasteiger partial charge on any atom is -0.595 e. The van der Waals surface area contributed by atoms with E-state index in [2.05, 4.69) is 10.3 Å². The zero-order valence-electron chi connectivity index (χ0n) is 19.7. The summed E-state index contributed by atoms with van der Waals surface area (Å²) in [5.41, 5.74) is 2.46. The molecule has 2 heterocycles. The van der Waals surface area contributed by atoms with Gasteiger partial charge in [0.1, 0.15) is 11.9 Å². The smallest absolute Gasteiger partial charge is 0.326 e. The Morgan fingerprint density at radius 2 is 1.92 bits per heavy atom. The number of rotatable bonds is 8. The molecule has 194 valence electrons. The number of benzene rings is 2. The molecule has 2 aromatic carbocycles. The predicted octanol–water partition coefficient (Wildman–Crippen LogP) is 3.49. The van der Waals surface area contributed by atoms with Gasteiger partial charge in [-0.15, -0.1) is 0 Å². The van der Waals surface area contributed by atoms with Crippen LogP contribution in [0, 0.1) is 11.1 Å². The molecule has 4 rings (SSSR count). The molecule has 0 radical (unpaired) electrons. The molecular weight excluding hydrogens is 519 g/mol. The molecule has 1 saturated heterocycles. The number of carbonyl (C=O) groups is 2. The van der Waals surface area contributed by atoms with Gasteiger partial charge in [-0.1, -0.05) is 47.5 Å². The summed E-state index contributed by atoms with van der Waals surface area (Å²) in [7, 11) is 0. The highest BCUT2D eigenvalue weighted by atomic mass is 35.5. The largest absolute Gasteiger partial charge is 0.595 e. The molecule has 1 amide bonds. The number of carbonyl (C=O) groups excluding carboxylic acids is 1. The third kappa shape index (κ3) is 6.76. The zero-order valence-corrected chi connectivity index (χ0v) is 21.2. The van der Waals surface area contributed by atoms with Gasteiger partial charge in [0, 0.05) is 41.2 Å². The maximum Gasteiger partial charge on any atom is 0.326 e. The third-order valence-corrected chi connectivity index (χ3v) is 6.92. The summed E-state index contributed by atoms with van der Waals surface area (Å²) >= 11 is 12.4. The van der Waals surface area contributed by atoms with E-state index in [-0.39, 0.29) is 18.0 Å². The van der Waals surface area contributed by atoms with Gasteiger partial charge < -0.3 is 20.5 Å². The Morgan fingerprint density at radius 1 is 1.16 bits per heavy atom. The fraction of sp³-hybridized carbons (Fsp3) is 0.269. The third-order valence-electron chi connectivity index (χ3n) is 6.36. The molecule has 9 nitrogen and oxygen atoms in total. The Kier molecular flexibility index (Phi) is 8.63. The van der Waals surface area contributed by atoms with Crippen LogP contribution in [0.2, 0.25) is 10.0 Å². The minimum atomic E-state index is -1.12. The average Bonchev–Trinajstić information content (AvgIpc) is 2.90. The van der Waals surface area contributed by atoms with Gasteiger partial charge in [0.25, 0.3) is 0 Å². The summed E-state index contributed by atoms with van der Waals surface area (Å²) < 4.78 is 0. The highest BCUT2D eigenvalue weighted by Crippen LogP contribution is 2.31. The second-order valence-corrected chi connectivity index (χ2v) is 9.76. The monoisotopic (exact) mass is 544 g/mol. The highest BCUT2D eigenvalue weighted by Gasteiger charge is 2.30. The number of hydrogen-bond donors (Lipinski definition) is 4. The van der Waals surface area contributed by atoms with Crippen molar-refractivity contribution in [1.82, 2.24) is 10.3 Å². The fourth-order valence-corrected chi connectivity index (χ4v) is 4.76. The first kappa shape index (κ1) is 26.8. The lowest BCUT2D eigenvalue weighted by Gasteiger charge is -2.33. The van der Waals surface area contributed by atoms with Gasteiger partial charge in [-0.05, 0) is 48.2 Å². The van der Waals surface area contributed by atoms with E-state index in [4.69, 9.17) is 28.4 Å². The number of carboxylic acids is 1. The topological polar surface area (TPSA) is 130 Å². The minimum absolute atomic E-state index is 0.0862. The maximum atomic E-state index is 13.0. The van der Waals surface area contributed by atoms with Crippen molar-refractivity contribution < 1.29 is 25.1 Å². The quantitative estimate of drug-likeness (QED) is 0.319. The van der Waals surface area contributed by atoms with Gasteiger partial charge in [0.15, 0.2) is 5.69 Å². The van der Waals surface area contributed by atoms with E-state index >= 15 is 0 Å². The van der Waals surface area contributed by atoms with Crippen LogP contribution in [0.5, 0.6) is 0 Å². The molecule has 3 aromatic rings. The lowest BCUT2D eigenvalue weighted by Crippen LogP contribution is -2.99. The van der Waals surface area contributed by atoms with Crippen molar-refractivity contribution in [2.75, 3.05) is 18.0 Å². The van der Waals surface area contributed by atoms with E-state index < -0.39 is 23.2 Å². The van der Waals surface area contributed by atoms with Crippen LogP contribution in [0.25, 0.3) is 11.1 Å². The Morgan fingerprint density at radius 3 is 2.57 bits per heavy atom. The van der Waals surface area contributed by atoms with E-state index in [0.29, 0.717) is 35.4 Å². The number of nitrogens with zero attached hydrogens (tertiary/aromatic N) is 2. The van der Waals surface area contributed by atoms with Crippen LogP contribution in [0.3, 0.4) is 0 Å². The molecule has 37 heavy (non-hydrogen) atoms. The molecular formula is C26H26Cl2N4O5. The predicted molar refractivity (Wildman–Crippen MR) is 140 cm³/mol. The SMILES string of the molecule is O=C(N[C@@H](Cc1ccc(-c2cc(Cl)ccc2Cl)cc1)C(=O)O)C1CCCN(c2ccc([NH+]([O-])O)cn2)C1. The Bertz CT molecular complexity index is 1250. The van der Waals surface area contributed by atoms with Gasteiger partial charge in [-0.2, -0.15) is 5.23 Å². The summed E-state index contributed by atoms with van der Waals surface area (Å²) in [4.78, 5) is 31.1. The molecule has 0 aliphatic carbocycles. The van der Waals surface area contributed by atoms with Crippen LogP contribution < -0.4 is 15.4 Å². The number of pyridine rings is 1. The van der Waals surface area contributed by atoms with E-state index in [0.717, 1.165) is 23.1 Å². The zero-order chi connectivity index (χ0) is 26.5. The Hall–Kier alpha value is -3.21. The summed E-state index contributed by atoms with van der Waals surface area (Å²) in [6, 6.07) is 14.5. The van der Waals surface area contributed by atoms with Gasteiger partial charge >= 0.3 is 5.97 Å². The normalized spacial score (nSPS) is 17.2. The Labute approximate surface area is 223 Å². The standard InChI is InChI=1S/C26H26Cl2N4O5/c27-19-7-9-22(28)21(13-19)17-5-3-16(4-6-17)12-23(26(34)35)30-25(33)18-2-1-11-31(15-18)24-10-8-20(14-29-24)32(36)37/h3-10,13-14,18,23,32,36H,1-2,11-12,15H2,(H,30,33)(H,34,35)/t18?,23-/m0/s1. The second kappa shape index (κ2) is 11.9. The second-order valence-electron chi connectivity index (χ2n) is 8.92. The van der Waals surface area contributed by atoms with Crippen molar-refractivity contribution in [3.05, 3.63) is 81.6 Å². The van der Waals surface area contributed by atoms with Gasteiger partial charge in [-0.25, -0.2) is 15.0 Å². The van der Waals surface area contributed by atoms with Crippen LogP contribution in [0.4, 0.5) is 11.5 Å². The van der Waals surface area contributed by atoms with Gasteiger partial charge in [-0.3, -0.25) is 4.79 Å². The molecule has 11 heteroatoms. The van der Waals surface area contributed by atoms with Gasteiger partial charge in [0.2, 0.25) is 5.91 Å². The first-order valence-corrected chi connectivity index (χ1v) is 12.5. The molecule has 1 aromatic heterocycles. The van der Waals surface area contributed by atoms with E-state index in [1.54, 1.807) is 24.3 Å². The van der Waals surface area contributed by atoms with Crippen LogP contribution >= 0.6 is 23.2 Å². The van der Waals surface area contributed by atoms with Gasteiger partial charge in [0.05, 0.1) is 12.1 Å². The Balaban J connectivity index is 1.39.